The minimum atomic E-state index is -0.358. The molecule has 3 N–H and O–H groups in total. The highest BCUT2D eigenvalue weighted by molar-refractivity contribution is 6.30. The molecule has 1 aromatic carbocycles. The molecule has 5 nitrogen and oxygen atoms in total. The summed E-state index contributed by atoms with van der Waals surface area (Å²) in [5.74, 6) is 5.55. The number of hydrogen-bond donors (Lipinski definition) is 2. The molecule has 3 rings (SSSR count). The first kappa shape index (κ1) is 12.9. The molecule has 2 aromatic rings. The Morgan fingerprint density at radius 3 is 2.35 bits per heavy atom. The van der Waals surface area contributed by atoms with Gasteiger partial charge < -0.3 is 0 Å². The van der Waals surface area contributed by atoms with Crippen LogP contribution in [0.1, 0.15) is 11.1 Å². The second kappa shape index (κ2) is 5.50. The Hall–Kier alpha value is -2.08. The zero-order valence-electron chi connectivity index (χ0n) is 10.5. The van der Waals surface area contributed by atoms with E-state index in [-0.39, 0.29) is 6.17 Å². The monoisotopic (exact) mass is 285 g/mol. The lowest BCUT2D eigenvalue weighted by atomic mass is 9.99. The molecular weight excluding hydrogens is 274 g/mol. The van der Waals surface area contributed by atoms with Gasteiger partial charge in [-0.05, 0) is 29.8 Å². The average molecular weight is 286 g/mol. The van der Waals surface area contributed by atoms with Gasteiger partial charge in [0.25, 0.3) is 0 Å². The largest absolute Gasteiger partial charge is 0.269 e. The van der Waals surface area contributed by atoms with Crippen LogP contribution in [0, 0.1) is 0 Å². The third kappa shape index (κ3) is 2.34. The smallest absolute Gasteiger partial charge is 0.161 e. The van der Waals surface area contributed by atoms with E-state index in [1.165, 1.54) is 0 Å². The number of aromatic nitrogens is 1. The molecule has 100 valence electrons. The zero-order valence-corrected chi connectivity index (χ0v) is 11.2. The molecule has 1 atom stereocenters. The van der Waals surface area contributed by atoms with Gasteiger partial charge >= 0.3 is 0 Å². The molecule has 20 heavy (non-hydrogen) atoms. The Kier molecular flexibility index (Phi) is 3.56. The summed E-state index contributed by atoms with van der Waals surface area (Å²) >= 11 is 5.92. The average Bonchev–Trinajstić information content (AvgIpc) is 2.93. The van der Waals surface area contributed by atoms with E-state index < -0.39 is 0 Å². The predicted octanol–water partition coefficient (Wildman–Crippen LogP) is 2.86. The normalized spacial score (nSPS) is 17.8. The van der Waals surface area contributed by atoms with Crippen LogP contribution in [0.4, 0.5) is 0 Å². The third-order valence-electron chi connectivity index (χ3n) is 3.07. The number of nitrogens with two attached hydrogens (primary N) is 1. The maximum Gasteiger partial charge on any atom is 0.161 e. The lowest BCUT2D eigenvalue weighted by molar-refractivity contribution is 0.649. The van der Waals surface area contributed by atoms with Crippen molar-refractivity contribution < 1.29 is 0 Å². The highest BCUT2D eigenvalue weighted by Crippen LogP contribution is 2.35. The Bertz CT molecular complexity index is 664. The minimum absolute atomic E-state index is 0.358. The molecule has 0 saturated carbocycles. The number of pyridine rings is 1. The predicted molar refractivity (Wildman–Crippen MR) is 78.5 cm³/mol. The molecular formula is C14H12ClN5. The van der Waals surface area contributed by atoms with Crippen LogP contribution in [0.25, 0.3) is 11.3 Å². The summed E-state index contributed by atoms with van der Waals surface area (Å²) in [6.45, 7) is 0. The topological polar surface area (TPSA) is 75.7 Å². The summed E-state index contributed by atoms with van der Waals surface area (Å²) in [7, 11) is 0. The van der Waals surface area contributed by atoms with Crippen LogP contribution < -0.4 is 11.3 Å². The number of benzene rings is 1. The fraction of sp³-hybridized carbons (Fsp3) is 0.0714. The van der Waals surface area contributed by atoms with Crippen molar-refractivity contribution in [1.29, 1.82) is 0 Å². The number of nitrogens with one attached hydrogen (secondary N) is 1. The van der Waals surface area contributed by atoms with E-state index in [9.17, 15) is 0 Å². The standard InChI is InChI=1S/C14H12ClN5/c15-11-3-1-10(2-4-11)13-12(14(18-16)20-19-13)9-5-7-17-8-6-9/h1-8,14,18H,16H2. The lowest BCUT2D eigenvalue weighted by Crippen LogP contribution is -2.33. The van der Waals surface area contributed by atoms with Crippen molar-refractivity contribution in [3.05, 3.63) is 64.9 Å². The van der Waals surface area contributed by atoms with Crippen molar-refractivity contribution in [3.8, 4) is 0 Å². The molecule has 0 amide bonds. The summed E-state index contributed by atoms with van der Waals surface area (Å²) < 4.78 is 0. The van der Waals surface area contributed by atoms with Gasteiger partial charge in [0.1, 0.15) is 0 Å². The van der Waals surface area contributed by atoms with E-state index >= 15 is 0 Å². The van der Waals surface area contributed by atoms with Gasteiger partial charge in [0, 0.05) is 28.6 Å². The molecule has 0 saturated heterocycles. The molecule has 0 spiro atoms. The van der Waals surface area contributed by atoms with Crippen LogP contribution in [0.5, 0.6) is 0 Å². The van der Waals surface area contributed by atoms with Crippen molar-refractivity contribution in [2.75, 3.05) is 0 Å². The summed E-state index contributed by atoms with van der Waals surface area (Å²) in [5.41, 5.74) is 6.31. The Morgan fingerprint density at radius 2 is 1.70 bits per heavy atom. The number of nitrogens with zero attached hydrogens (tertiary/aromatic N) is 3. The summed E-state index contributed by atoms with van der Waals surface area (Å²) in [6.07, 6.45) is 3.10. The van der Waals surface area contributed by atoms with Crippen molar-refractivity contribution in [2.45, 2.75) is 6.17 Å². The minimum Gasteiger partial charge on any atom is -0.269 e. The van der Waals surface area contributed by atoms with Gasteiger partial charge in [-0.1, -0.05) is 23.7 Å². The summed E-state index contributed by atoms with van der Waals surface area (Å²) in [4.78, 5) is 4.02. The first-order valence-electron chi connectivity index (χ1n) is 6.07. The Labute approximate surface area is 121 Å². The van der Waals surface area contributed by atoms with Crippen LogP contribution in [-0.4, -0.2) is 11.1 Å². The zero-order chi connectivity index (χ0) is 13.9. The van der Waals surface area contributed by atoms with Crippen molar-refractivity contribution in [3.63, 3.8) is 0 Å². The highest BCUT2D eigenvalue weighted by Gasteiger charge is 2.25. The number of hydrogen-bond acceptors (Lipinski definition) is 5. The van der Waals surface area contributed by atoms with Crippen LogP contribution in [-0.2, 0) is 0 Å². The molecule has 0 bridgehead atoms. The number of halogens is 1. The fourth-order valence-corrected chi connectivity index (χ4v) is 2.25. The van der Waals surface area contributed by atoms with Crippen molar-refractivity contribution in [2.24, 2.45) is 16.1 Å². The first-order valence-corrected chi connectivity index (χ1v) is 6.45. The van der Waals surface area contributed by atoms with E-state index in [1.807, 2.05) is 36.4 Å². The van der Waals surface area contributed by atoms with Gasteiger partial charge in [-0.2, -0.15) is 10.2 Å². The van der Waals surface area contributed by atoms with Crippen LogP contribution >= 0.6 is 11.6 Å². The SMILES string of the molecule is NNC1N=NC(c2ccc(Cl)cc2)=C1c1ccncc1. The first-order chi connectivity index (χ1) is 9.79. The molecule has 0 fully saturated rings. The van der Waals surface area contributed by atoms with Crippen molar-refractivity contribution >= 4 is 22.9 Å². The van der Waals surface area contributed by atoms with Gasteiger partial charge in [0.15, 0.2) is 6.17 Å². The van der Waals surface area contributed by atoms with Gasteiger partial charge in [0.2, 0.25) is 0 Å². The Morgan fingerprint density at radius 1 is 1.00 bits per heavy atom. The molecule has 1 unspecified atom stereocenters. The van der Waals surface area contributed by atoms with Gasteiger partial charge in [-0.25, -0.2) is 5.43 Å². The molecule has 1 aliphatic rings. The fourth-order valence-electron chi connectivity index (χ4n) is 2.12. The molecule has 0 aliphatic carbocycles. The molecule has 2 heterocycles. The molecule has 0 radical (unpaired) electrons. The maximum atomic E-state index is 5.92. The van der Waals surface area contributed by atoms with E-state index in [4.69, 9.17) is 17.4 Å². The Balaban J connectivity index is 2.13. The summed E-state index contributed by atoms with van der Waals surface area (Å²) in [5, 5.41) is 9.08. The third-order valence-corrected chi connectivity index (χ3v) is 3.32. The highest BCUT2D eigenvalue weighted by atomic mass is 35.5. The van der Waals surface area contributed by atoms with Crippen LogP contribution in [0.2, 0.25) is 5.02 Å². The second-order valence-corrected chi connectivity index (χ2v) is 4.73. The number of azo groups is 1. The quantitative estimate of drug-likeness (QED) is 0.672. The second-order valence-electron chi connectivity index (χ2n) is 4.29. The number of hydrazine groups is 1. The van der Waals surface area contributed by atoms with Gasteiger partial charge in [-0.15, -0.1) is 0 Å². The van der Waals surface area contributed by atoms with E-state index in [2.05, 4.69) is 20.6 Å². The van der Waals surface area contributed by atoms with Crippen LogP contribution in [0.3, 0.4) is 0 Å². The van der Waals surface area contributed by atoms with Gasteiger partial charge in [-0.3, -0.25) is 10.8 Å². The van der Waals surface area contributed by atoms with Gasteiger partial charge in [0.05, 0.1) is 5.70 Å². The van der Waals surface area contributed by atoms with E-state index in [0.29, 0.717) is 5.02 Å². The van der Waals surface area contributed by atoms with Crippen LogP contribution in [0.15, 0.2) is 59.0 Å². The lowest BCUT2D eigenvalue weighted by Gasteiger charge is -2.11. The molecule has 6 heteroatoms. The maximum absolute atomic E-state index is 5.92. The van der Waals surface area contributed by atoms with E-state index in [0.717, 1.165) is 22.4 Å². The molecule has 1 aliphatic heterocycles. The van der Waals surface area contributed by atoms with E-state index in [1.54, 1.807) is 12.4 Å². The van der Waals surface area contributed by atoms with Crippen molar-refractivity contribution in [1.82, 2.24) is 10.4 Å². The molecule has 1 aromatic heterocycles. The number of rotatable bonds is 3. The summed E-state index contributed by atoms with van der Waals surface area (Å²) in [6, 6.07) is 11.3.